The third kappa shape index (κ3) is 3.31. The Labute approximate surface area is 155 Å². The van der Waals surface area contributed by atoms with E-state index in [4.69, 9.17) is 4.74 Å². The van der Waals surface area contributed by atoms with Gasteiger partial charge in [0.2, 0.25) is 0 Å². The van der Waals surface area contributed by atoms with Gasteiger partial charge in [0.05, 0.1) is 0 Å². The second-order valence-electron chi connectivity index (χ2n) is 7.14. The van der Waals surface area contributed by atoms with Crippen molar-refractivity contribution in [2.45, 2.75) is 30.4 Å². The molecule has 0 amide bonds. The van der Waals surface area contributed by atoms with Gasteiger partial charge in [-0.1, -0.05) is 18.6 Å². The van der Waals surface area contributed by atoms with Crippen LogP contribution in [0.25, 0.3) is 0 Å². The van der Waals surface area contributed by atoms with Gasteiger partial charge in [-0.05, 0) is 26.0 Å². The van der Waals surface area contributed by atoms with Gasteiger partial charge in [0.25, 0.3) is 0 Å². The van der Waals surface area contributed by atoms with Crippen molar-refractivity contribution in [2.24, 2.45) is 11.8 Å². The molecule has 1 saturated heterocycles. The molecule has 3 rings (SSSR count). The standard InChI is InChI=1S/C17H21F4NO4S/c1-22-9-11-5-3-6-12(10-22)16(11,25-2)13-7-4-8-14(15(13)18)26-27(23,24)17(19,20)21/h4,7-8,11-12H,3,5-6,9-10H2,1-2H3/t11-,12+,16-. The molecule has 0 radical (unpaired) electrons. The van der Waals surface area contributed by atoms with Gasteiger partial charge in [-0.3, -0.25) is 0 Å². The van der Waals surface area contributed by atoms with E-state index in [1.807, 2.05) is 7.05 Å². The van der Waals surface area contributed by atoms with E-state index in [2.05, 4.69) is 9.08 Å². The summed E-state index contributed by atoms with van der Waals surface area (Å²) in [5.74, 6) is -2.24. The van der Waals surface area contributed by atoms with Crippen LogP contribution in [0, 0.1) is 17.7 Å². The van der Waals surface area contributed by atoms with Crippen LogP contribution in [0.15, 0.2) is 18.2 Å². The molecule has 0 spiro atoms. The van der Waals surface area contributed by atoms with E-state index < -0.39 is 32.8 Å². The smallest absolute Gasteiger partial charge is 0.373 e. The summed E-state index contributed by atoms with van der Waals surface area (Å²) in [4.78, 5) is 2.12. The van der Waals surface area contributed by atoms with E-state index in [9.17, 15) is 21.6 Å². The summed E-state index contributed by atoms with van der Waals surface area (Å²) in [7, 11) is -2.55. The average molecular weight is 411 g/mol. The first kappa shape index (κ1) is 20.3. The fraction of sp³-hybridized carbons (Fsp3) is 0.647. The van der Waals surface area contributed by atoms with Crippen LogP contribution in [-0.2, 0) is 20.5 Å². The zero-order valence-corrected chi connectivity index (χ0v) is 15.7. The molecular weight excluding hydrogens is 390 g/mol. The van der Waals surface area contributed by atoms with Crippen LogP contribution >= 0.6 is 0 Å². The first-order valence-electron chi connectivity index (χ1n) is 8.56. The van der Waals surface area contributed by atoms with Gasteiger partial charge in [0.15, 0.2) is 11.6 Å². The maximum Gasteiger partial charge on any atom is 0.534 e. The van der Waals surface area contributed by atoms with E-state index in [1.165, 1.54) is 19.2 Å². The number of benzene rings is 1. The number of hydrogen-bond acceptors (Lipinski definition) is 5. The van der Waals surface area contributed by atoms with Crippen LogP contribution in [0.3, 0.4) is 0 Å². The molecule has 3 atom stereocenters. The zero-order valence-electron chi connectivity index (χ0n) is 14.9. The molecule has 1 aromatic carbocycles. The van der Waals surface area contributed by atoms with Crippen LogP contribution in [0.1, 0.15) is 24.8 Å². The number of piperidine rings is 1. The highest BCUT2D eigenvalue weighted by Gasteiger charge is 2.54. The van der Waals surface area contributed by atoms with Crippen LogP contribution in [0.4, 0.5) is 17.6 Å². The Hall–Kier alpha value is -1.39. The van der Waals surface area contributed by atoms with Gasteiger partial charge in [0.1, 0.15) is 5.60 Å². The van der Waals surface area contributed by atoms with E-state index in [0.717, 1.165) is 25.3 Å². The maximum absolute atomic E-state index is 15.2. The Morgan fingerprint density at radius 3 is 2.30 bits per heavy atom. The molecule has 2 fully saturated rings. The summed E-state index contributed by atoms with van der Waals surface area (Å²) in [5, 5.41) is 0. The van der Waals surface area contributed by atoms with Gasteiger partial charge < -0.3 is 13.8 Å². The number of likely N-dealkylation sites (tertiary alicyclic amines) is 1. The van der Waals surface area contributed by atoms with Gasteiger partial charge in [-0.15, -0.1) is 0 Å². The second-order valence-corrected chi connectivity index (χ2v) is 8.68. The van der Waals surface area contributed by atoms with Crippen molar-refractivity contribution in [1.82, 2.24) is 4.90 Å². The highest BCUT2D eigenvalue weighted by Crippen LogP contribution is 2.52. The number of ether oxygens (including phenoxy) is 1. The monoisotopic (exact) mass is 411 g/mol. The van der Waals surface area contributed by atoms with Crippen molar-refractivity contribution in [1.29, 1.82) is 0 Å². The molecule has 152 valence electrons. The largest absolute Gasteiger partial charge is 0.534 e. The topological polar surface area (TPSA) is 55.8 Å². The summed E-state index contributed by atoms with van der Waals surface area (Å²) in [5.41, 5.74) is -6.63. The molecule has 1 heterocycles. The summed E-state index contributed by atoms with van der Waals surface area (Å²) in [6, 6.07) is 3.59. The third-order valence-corrected chi connectivity index (χ3v) is 6.55. The Balaban J connectivity index is 2.07. The van der Waals surface area contributed by atoms with Crippen molar-refractivity contribution < 1.29 is 34.9 Å². The minimum absolute atomic E-state index is 0.0441. The van der Waals surface area contributed by atoms with Crippen molar-refractivity contribution in [3.05, 3.63) is 29.6 Å². The second kappa shape index (κ2) is 6.89. The van der Waals surface area contributed by atoms with Gasteiger partial charge >= 0.3 is 15.6 Å². The number of methoxy groups -OCH3 is 1. The Bertz CT molecular complexity index is 798. The average Bonchev–Trinajstić information content (AvgIpc) is 2.55. The molecule has 1 aliphatic heterocycles. The van der Waals surface area contributed by atoms with Crippen molar-refractivity contribution in [3.8, 4) is 5.75 Å². The minimum Gasteiger partial charge on any atom is -0.373 e. The highest BCUT2D eigenvalue weighted by molar-refractivity contribution is 7.88. The number of alkyl halides is 3. The van der Waals surface area contributed by atoms with Crippen LogP contribution in [-0.4, -0.2) is 46.1 Å². The summed E-state index contributed by atoms with van der Waals surface area (Å²) >= 11 is 0. The molecule has 0 N–H and O–H groups in total. The molecule has 1 aliphatic carbocycles. The van der Waals surface area contributed by atoms with E-state index in [-0.39, 0.29) is 17.4 Å². The molecule has 1 saturated carbocycles. The van der Waals surface area contributed by atoms with E-state index in [1.54, 1.807) is 0 Å². The highest BCUT2D eigenvalue weighted by atomic mass is 32.2. The summed E-state index contributed by atoms with van der Waals surface area (Å²) < 4.78 is 85.5. The first-order chi connectivity index (χ1) is 12.5. The molecule has 2 bridgehead atoms. The Morgan fingerprint density at radius 2 is 1.78 bits per heavy atom. The molecule has 2 aliphatic rings. The quantitative estimate of drug-likeness (QED) is 0.433. The van der Waals surface area contributed by atoms with Crippen LogP contribution in [0.2, 0.25) is 0 Å². The predicted molar refractivity (Wildman–Crippen MR) is 89.0 cm³/mol. The molecule has 1 aromatic rings. The molecule has 10 heteroatoms. The fourth-order valence-electron chi connectivity index (χ4n) is 4.58. The van der Waals surface area contributed by atoms with Crippen LogP contribution in [0.5, 0.6) is 5.75 Å². The van der Waals surface area contributed by atoms with Crippen molar-refractivity contribution >= 4 is 10.1 Å². The van der Waals surface area contributed by atoms with E-state index >= 15 is 4.39 Å². The lowest BCUT2D eigenvalue weighted by Gasteiger charge is -2.54. The molecular formula is C17H21F4NO4S. The maximum atomic E-state index is 15.2. The lowest BCUT2D eigenvalue weighted by atomic mass is 9.62. The van der Waals surface area contributed by atoms with Crippen LogP contribution < -0.4 is 4.18 Å². The predicted octanol–water partition coefficient (Wildman–Crippen LogP) is 3.26. The molecule has 0 aromatic heterocycles. The summed E-state index contributed by atoms with van der Waals surface area (Å²) in [6.07, 6.45) is 2.51. The third-order valence-electron chi connectivity index (χ3n) is 5.59. The Kier molecular flexibility index (Phi) is 5.19. The van der Waals surface area contributed by atoms with Gasteiger partial charge in [-0.25, -0.2) is 4.39 Å². The first-order valence-corrected chi connectivity index (χ1v) is 9.97. The minimum atomic E-state index is -5.96. The lowest BCUT2D eigenvalue weighted by molar-refractivity contribution is -0.167. The fourth-order valence-corrected chi connectivity index (χ4v) is 5.04. The number of halogens is 4. The van der Waals surface area contributed by atoms with Crippen molar-refractivity contribution in [3.63, 3.8) is 0 Å². The van der Waals surface area contributed by atoms with E-state index in [0.29, 0.717) is 13.1 Å². The number of nitrogens with zero attached hydrogens (tertiary/aromatic N) is 1. The zero-order chi connectivity index (χ0) is 20.0. The lowest BCUT2D eigenvalue weighted by Crippen LogP contribution is -2.58. The number of fused-ring (bicyclic) bond motifs is 2. The molecule has 27 heavy (non-hydrogen) atoms. The normalized spacial score (nSPS) is 29.6. The summed E-state index contributed by atoms with van der Waals surface area (Å²) in [6.45, 7) is 1.30. The number of hydrogen-bond donors (Lipinski definition) is 0. The number of rotatable bonds is 4. The SMILES string of the molecule is CO[C@]1(c2cccc(OS(=O)(=O)C(F)(F)F)c2F)[C@@H]2CCC[C@H]1CN(C)C2. The Morgan fingerprint density at radius 1 is 1.19 bits per heavy atom. The van der Waals surface area contributed by atoms with Crippen molar-refractivity contribution in [2.75, 3.05) is 27.2 Å². The van der Waals surface area contributed by atoms with Gasteiger partial charge in [-0.2, -0.15) is 21.6 Å². The van der Waals surface area contributed by atoms with Gasteiger partial charge in [0, 0.05) is 37.6 Å². The molecule has 0 unspecified atom stereocenters. The molecule has 5 nitrogen and oxygen atoms in total.